The average molecular weight is 209 g/mol. The molecule has 0 aliphatic carbocycles. The number of halogens is 1. The van der Waals surface area contributed by atoms with Crippen LogP contribution in [0.1, 0.15) is 6.92 Å². The molecule has 12 heavy (non-hydrogen) atoms. The molecule has 2 unspecified atom stereocenters. The van der Waals surface area contributed by atoms with Crippen LogP contribution in [0.25, 0.3) is 0 Å². The van der Waals surface area contributed by atoms with Crippen molar-refractivity contribution < 1.29 is 5.11 Å². The number of rotatable bonds is 2. The maximum Gasteiger partial charge on any atom is 0.247 e. The van der Waals surface area contributed by atoms with Crippen LogP contribution < -0.4 is 0 Å². The molecule has 1 N–H and O–H groups in total. The van der Waals surface area contributed by atoms with Crippen molar-refractivity contribution in [2.24, 2.45) is 4.99 Å². The molecular formula is C7H13ClN2OS. The van der Waals surface area contributed by atoms with Gasteiger partial charge in [-0.05, 0) is 21.0 Å². The normalized spacial score (nSPS) is 35.8. The zero-order chi connectivity index (χ0) is 9.35. The molecule has 0 spiro atoms. The molecular weight excluding hydrogens is 196 g/mol. The quantitative estimate of drug-likeness (QED) is 0.543. The smallest absolute Gasteiger partial charge is 0.247 e. The van der Waals surface area contributed by atoms with Crippen LogP contribution in [0.5, 0.6) is 0 Å². The standard InChI is InChI=1S/C7H13ClN2OS/c1-5-7(8,11)9-6(12-5)4-10(2)3/h5,11H,4H2,1-3H3. The van der Waals surface area contributed by atoms with E-state index in [9.17, 15) is 5.11 Å². The Bertz CT molecular complexity index is 206. The van der Waals surface area contributed by atoms with Gasteiger partial charge in [0.1, 0.15) is 0 Å². The first-order valence-corrected chi connectivity index (χ1v) is 4.99. The van der Waals surface area contributed by atoms with Crippen LogP contribution in [0.15, 0.2) is 4.99 Å². The number of alkyl halides is 1. The highest BCUT2D eigenvalue weighted by molar-refractivity contribution is 8.14. The first-order valence-electron chi connectivity index (χ1n) is 3.73. The molecule has 5 heteroatoms. The van der Waals surface area contributed by atoms with Crippen molar-refractivity contribution in [3.8, 4) is 0 Å². The summed E-state index contributed by atoms with van der Waals surface area (Å²) in [6.45, 7) is 2.61. The summed E-state index contributed by atoms with van der Waals surface area (Å²) in [5.74, 6) is 0. The van der Waals surface area contributed by atoms with Gasteiger partial charge in [0.15, 0.2) is 0 Å². The minimum Gasteiger partial charge on any atom is -0.356 e. The molecule has 1 aliphatic heterocycles. The molecule has 3 nitrogen and oxygen atoms in total. The van der Waals surface area contributed by atoms with E-state index in [-0.39, 0.29) is 5.25 Å². The van der Waals surface area contributed by atoms with Crippen LogP contribution in [-0.2, 0) is 0 Å². The van der Waals surface area contributed by atoms with Gasteiger partial charge in [0.2, 0.25) is 5.18 Å². The molecule has 0 aromatic carbocycles. The van der Waals surface area contributed by atoms with Crippen molar-refractivity contribution in [3.63, 3.8) is 0 Å². The molecule has 1 rings (SSSR count). The summed E-state index contributed by atoms with van der Waals surface area (Å²) in [4.78, 5) is 6.00. The summed E-state index contributed by atoms with van der Waals surface area (Å²) >= 11 is 7.25. The number of aliphatic hydroxyl groups is 1. The van der Waals surface area contributed by atoms with Crippen molar-refractivity contribution in [1.82, 2.24) is 4.90 Å². The summed E-state index contributed by atoms with van der Waals surface area (Å²) in [5.41, 5.74) is 0. The van der Waals surface area contributed by atoms with Crippen LogP contribution in [0, 0.1) is 0 Å². The van der Waals surface area contributed by atoms with Crippen molar-refractivity contribution in [1.29, 1.82) is 0 Å². The first kappa shape index (κ1) is 10.3. The van der Waals surface area contributed by atoms with Gasteiger partial charge < -0.3 is 10.0 Å². The van der Waals surface area contributed by atoms with Gasteiger partial charge in [0, 0.05) is 6.54 Å². The van der Waals surface area contributed by atoms with E-state index in [4.69, 9.17) is 11.6 Å². The first-order chi connectivity index (χ1) is 5.42. The number of aliphatic imine (C=N–C) groups is 1. The molecule has 1 aliphatic rings. The fourth-order valence-electron chi connectivity index (χ4n) is 0.914. The fraction of sp³-hybridized carbons (Fsp3) is 0.857. The fourth-order valence-corrected chi connectivity index (χ4v) is 2.34. The van der Waals surface area contributed by atoms with E-state index >= 15 is 0 Å². The Morgan fingerprint density at radius 2 is 2.33 bits per heavy atom. The van der Waals surface area contributed by atoms with Crippen LogP contribution in [0.4, 0.5) is 0 Å². The van der Waals surface area contributed by atoms with Crippen molar-refractivity contribution in [3.05, 3.63) is 0 Å². The van der Waals surface area contributed by atoms with Crippen molar-refractivity contribution in [2.75, 3.05) is 20.6 Å². The maximum atomic E-state index is 9.48. The monoisotopic (exact) mass is 208 g/mol. The van der Waals surface area contributed by atoms with Gasteiger partial charge in [0.05, 0.1) is 10.3 Å². The second kappa shape index (κ2) is 3.54. The molecule has 0 radical (unpaired) electrons. The number of thioether (sulfide) groups is 1. The molecule has 70 valence electrons. The third kappa shape index (κ3) is 2.36. The third-order valence-corrected chi connectivity index (χ3v) is 3.28. The molecule has 2 atom stereocenters. The minimum absolute atomic E-state index is 0.0610. The summed E-state index contributed by atoms with van der Waals surface area (Å²) in [6, 6.07) is 0. The predicted octanol–water partition coefficient (Wildman–Crippen LogP) is 0.967. The van der Waals surface area contributed by atoms with Gasteiger partial charge in [-0.15, -0.1) is 11.8 Å². The van der Waals surface area contributed by atoms with E-state index < -0.39 is 5.18 Å². The van der Waals surface area contributed by atoms with Crippen LogP contribution in [0.2, 0.25) is 0 Å². The second-order valence-corrected chi connectivity index (χ2v) is 5.11. The zero-order valence-corrected chi connectivity index (χ0v) is 8.98. The largest absolute Gasteiger partial charge is 0.356 e. The van der Waals surface area contributed by atoms with Gasteiger partial charge in [-0.2, -0.15) is 0 Å². The zero-order valence-electron chi connectivity index (χ0n) is 7.41. The van der Waals surface area contributed by atoms with Crippen LogP contribution >= 0.6 is 23.4 Å². The Hall–Kier alpha value is 0.230. The van der Waals surface area contributed by atoms with Crippen molar-refractivity contribution >= 4 is 28.4 Å². The number of hydrogen-bond acceptors (Lipinski definition) is 4. The lowest BCUT2D eigenvalue weighted by Crippen LogP contribution is -2.25. The summed E-state index contributed by atoms with van der Waals surface area (Å²) in [5, 5.41) is 8.92. The van der Waals surface area contributed by atoms with E-state index in [2.05, 4.69) is 4.99 Å². The highest BCUT2D eigenvalue weighted by Gasteiger charge is 2.38. The highest BCUT2D eigenvalue weighted by atomic mass is 35.5. The lowest BCUT2D eigenvalue weighted by Gasteiger charge is -2.13. The van der Waals surface area contributed by atoms with Crippen LogP contribution in [0.3, 0.4) is 0 Å². The van der Waals surface area contributed by atoms with Gasteiger partial charge >= 0.3 is 0 Å². The lowest BCUT2D eigenvalue weighted by atomic mass is 10.4. The minimum atomic E-state index is -1.39. The number of nitrogens with zero attached hydrogens (tertiary/aromatic N) is 2. The van der Waals surface area contributed by atoms with E-state index in [0.717, 1.165) is 11.6 Å². The van der Waals surface area contributed by atoms with Gasteiger partial charge in [-0.3, -0.25) is 0 Å². The van der Waals surface area contributed by atoms with E-state index in [0.29, 0.717) is 0 Å². The van der Waals surface area contributed by atoms with E-state index in [1.807, 2.05) is 25.9 Å². The molecule has 0 saturated carbocycles. The topological polar surface area (TPSA) is 35.8 Å². The lowest BCUT2D eigenvalue weighted by molar-refractivity contribution is 0.144. The van der Waals surface area contributed by atoms with Gasteiger partial charge in [-0.25, -0.2) is 4.99 Å². The molecule has 0 bridgehead atoms. The number of hydrogen-bond donors (Lipinski definition) is 1. The van der Waals surface area contributed by atoms with Crippen molar-refractivity contribution in [2.45, 2.75) is 17.4 Å². The van der Waals surface area contributed by atoms with Gasteiger partial charge in [-0.1, -0.05) is 11.6 Å². The van der Waals surface area contributed by atoms with E-state index in [1.165, 1.54) is 11.8 Å². The Balaban J connectivity index is 2.60. The average Bonchev–Trinajstić information content (AvgIpc) is 2.04. The Labute approximate surface area is 81.8 Å². The molecule has 1 heterocycles. The SMILES string of the molecule is CC1SC(CN(C)C)=NC1(O)Cl. The molecule has 0 amide bonds. The summed E-state index contributed by atoms with van der Waals surface area (Å²) < 4.78 is 0. The highest BCUT2D eigenvalue weighted by Crippen LogP contribution is 2.36. The third-order valence-electron chi connectivity index (χ3n) is 1.56. The molecule has 0 aromatic rings. The Morgan fingerprint density at radius 1 is 1.75 bits per heavy atom. The summed E-state index contributed by atoms with van der Waals surface area (Å²) in [7, 11) is 3.92. The maximum absolute atomic E-state index is 9.48. The molecule has 0 saturated heterocycles. The van der Waals surface area contributed by atoms with Crippen LogP contribution in [-0.4, -0.2) is 46.1 Å². The second-order valence-electron chi connectivity index (χ2n) is 3.14. The summed E-state index contributed by atoms with van der Waals surface area (Å²) in [6.07, 6.45) is 0. The molecule has 0 aromatic heterocycles. The Kier molecular flexibility index (Phi) is 3.04. The van der Waals surface area contributed by atoms with Gasteiger partial charge in [0.25, 0.3) is 0 Å². The Morgan fingerprint density at radius 3 is 2.67 bits per heavy atom. The van der Waals surface area contributed by atoms with E-state index in [1.54, 1.807) is 0 Å². The molecule has 0 fully saturated rings. The predicted molar refractivity (Wildman–Crippen MR) is 53.8 cm³/mol.